The van der Waals surface area contributed by atoms with Crippen LogP contribution in [0.25, 0.3) is 0 Å². The van der Waals surface area contributed by atoms with Gasteiger partial charge in [-0.05, 0) is 57.5 Å². The lowest BCUT2D eigenvalue weighted by molar-refractivity contribution is 0.255. The number of likely N-dealkylation sites (tertiary alicyclic amines) is 1. The average molecular weight is 219 g/mol. The Bertz CT molecular complexity index is 246. The molecule has 1 saturated heterocycles. The lowest BCUT2D eigenvalue weighted by atomic mass is 9.83. The first-order valence-corrected chi connectivity index (χ1v) is 7.05. The van der Waals surface area contributed by atoms with Crippen LogP contribution < -0.4 is 0 Å². The molecular weight excluding hydrogens is 194 g/mol. The molecule has 1 heterocycles. The first-order valence-electron chi connectivity index (χ1n) is 7.05. The van der Waals surface area contributed by atoms with Crippen molar-refractivity contribution in [3.8, 4) is 11.8 Å². The van der Waals surface area contributed by atoms with Gasteiger partial charge in [0.1, 0.15) is 0 Å². The van der Waals surface area contributed by atoms with E-state index in [0.717, 1.165) is 12.5 Å². The highest BCUT2D eigenvalue weighted by atomic mass is 15.1. The minimum Gasteiger partial charge on any atom is -0.292 e. The van der Waals surface area contributed by atoms with Gasteiger partial charge in [0.25, 0.3) is 0 Å². The van der Waals surface area contributed by atoms with E-state index in [1.807, 2.05) is 0 Å². The average Bonchev–Trinajstić information content (AvgIpc) is 2.33. The van der Waals surface area contributed by atoms with E-state index in [-0.39, 0.29) is 0 Å². The molecule has 0 N–H and O–H groups in total. The monoisotopic (exact) mass is 219 g/mol. The smallest absolute Gasteiger partial charge is 0.0601 e. The molecule has 1 heteroatoms. The van der Waals surface area contributed by atoms with Crippen LogP contribution in [0.3, 0.4) is 0 Å². The van der Waals surface area contributed by atoms with Crippen LogP contribution in [0.15, 0.2) is 0 Å². The summed E-state index contributed by atoms with van der Waals surface area (Å²) in [6.07, 6.45) is 9.64. The second-order valence-corrected chi connectivity index (χ2v) is 5.61. The predicted octanol–water partition coefficient (Wildman–Crippen LogP) is 3.30. The van der Waals surface area contributed by atoms with Gasteiger partial charge in [-0.1, -0.05) is 25.2 Å². The Morgan fingerprint density at radius 2 is 1.69 bits per heavy atom. The number of rotatable bonds is 1. The fourth-order valence-electron chi connectivity index (χ4n) is 2.82. The van der Waals surface area contributed by atoms with E-state index >= 15 is 0 Å². The van der Waals surface area contributed by atoms with Gasteiger partial charge in [0, 0.05) is 5.92 Å². The summed E-state index contributed by atoms with van der Waals surface area (Å²) in [5.74, 6) is 8.57. The van der Waals surface area contributed by atoms with E-state index in [0.29, 0.717) is 5.92 Å². The summed E-state index contributed by atoms with van der Waals surface area (Å²) in [5.41, 5.74) is 0. The molecule has 0 unspecified atom stereocenters. The van der Waals surface area contributed by atoms with E-state index in [9.17, 15) is 0 Å². The molecule has 1 aliphatic heterocycles. The fraction of sp³-hybridized carbons (Fsp3) is 0.867. The van der Waals surface area contributed by atoms with E-state index in [4.69, 9.17) is 0 Å². The summed E-state index contributed by atoms with van der Waals surface area (Å²) in [6.45, 7) is 5.94. The van der Waals surface area contributed by atoms with Crippen molar-refractivity contribution in [2.45, 2.75) is 51.9 Å². The summed E-state index contributed by atoms with van der Waals surface area (Å²) in [4.78, 5) is 2.52. The minimum atomic E-state index is 0.709. The van der Waals surface area contributed by atoms with Crippen molar-refractivity contribution in [3.05, 3.63) is 0 Å². The SMILES string of the molecule is CC1CCC(C#CCN2CCCCC2)CC1. The molecule has 2 rings (SSSR count). The highest BCUT2D eigenvalue weighted by Gasteiger charge is 2.16. The molecule has 1 aliphatic carbocycles. The van der Waals surface area contributed by atoms with Gasteiger partial charge < -0.3 is 0 Å². The molecule has 1 nitrogen and oxygen atoms in total. The molecule has 0 aromatic heterocycles. The van der Waals surface area contributed by atoms with Crippen molar-refractivity contribution in [2.24, 2.45) is 11.8 Å². The van der Waals surface area contributed by atoms with Crippen molar-refractivity contribution >= 4 is 0 Å². The molecule has 0 aromatic rings. The summed E-state index contributed by atoms with van der Waals surface area (Å²) < 4.78 is 0. The molecule has 0 amide bonds. The van der Waals surface area contributed by atoms with Crippen LogP contribution >= 0.6 is 0 Å². The maximum atomic E-state index is 3.50. The van der Waals surface area contributed by atoms with Gasteiger partial charge in [-0.3, -0.25) is 4.90 Å². The van der Waals surface area contributed by atoms with Crippen molar-refractivity contribution in [1.29, 1.82) is 0 Å². The van der Waals surface area contributed by atoms with Crippen LogP contribution in [0.2, 0.25) is 0 Å². The Kier molecular flexibility index (Phi) is 4.72. The van der Waals surface area contributed by atoms with E-state index in [2.05, 4.69) is 23.7 Å². The van der Waals surface area contributed by atoms with Crippen molar-refractivity contribution < 1.29 is 0 Å². The second-order valence-electron chi connectivity index (χ2n) is 5.61. The molecule has 1 saturated carbocycles. The van der Waals surface area contributed by atoms with Gasteiger partial charge in [0.2, 0.25) is 0 Å². The topological polar surface area (TPSA) is 3.24 Å². The molecule has 0 aromatic carbocycles. The largest absolute Gasteiger partial charge is 0.292 e. The molecule has 2 aliphatic rings. The standard InChI is InChI=1S/C15H25N/c1-14-7-9-15(10-8-14)6-5-13-16-11-3-2-4-12-16/h14-15H,2-4,7-13H2,1H3. The van der Waals surface area contributed by atoms with E-state index in [1.165, 1.54) is 58.0 Å². The lowest BCUT2D eigenvalue weighted by Gasteiger charge is -2.24. The van der Waals surface area contributed by atoms with Gasteiger partial charge in [0.05, 0.1) is 6.54 Å². The Labute approximate surface area is 101 Å². The highest BCUT2D eigenvalue weighted by molar-refractivity contribution is 5.06. The van der Waals surface area contributed by atoms with Gasteiger partial charge in [-0.2, -0.15) is 0 Å². The molecule has 0 radical (unpaired) electrons. The summed E-state index contributed by atoms with van der Waals surface area (Å²) in [5, 5.41) is 0. The molecule has 0 atom stereocenters. The highest BCUT2D eigenvalue weighted by Crippen LogP contribution is 2.27. The van der Waals surface area contributed by atoms with Gasteiger partial charge in [-0.15, -0.1) is 0 Å². The zero-order valence-electron chi connectivity index (χ0n) is 10.7. The molecule has 90 valence electrons. The summed E-state index contributed by atoms with van der Waals surface area (Å²) in [7, 11) is 0. The Morgan fingerprint density at radius 1 is 1.00 bits per heavy atom. The maximum absolute atomic E-state index is 3.50. The normalized spacial score (nSPS) is 31.8. The minimum absolute atomic E-state index is 0.709. The third-order valence-corrected chi connectivity index (χ3v) is 4.07. The van der Waals surface area contributed by atoms with Crippen LogP contribution in [0.5, 0.6) is 0 Å². The Hall–Kier alpha value is -0.480. The second kappa shape index (κ2) is 6.30. The summed E-state index contributed by atoms with van der Waals surface area (Å²) >= 11 is 0. The number of hydrogen-bond donors (Lipinski definition) is 0. The predicted molar refractivity (Wildman–Crippen MR) is 69.2 cm³/mol. The van der Waals surface area contributed by atoms with Crippen molar-refractivity contribution in [3.63, 3.8) is 0 Å². The Balaban J connectivity index is 1.68. The first kappa shape index (κ1) is 12.0. The third kappa shape index (κ3) is 3.83. The van der Waals surface area contributed by atoms with Crippen LogP contribution in [0.4, 0.5) is 0 Å². The molecule has 0 bridgehead atoms. The van der Waals surface area contributed by atoms with Crippen LogP contribution in [0.1, 0.15) is 51.9 Å². The molecule has 2 fully saturated rings. The number of hydrogen-bond acceptors (Lipinski definition) is 1. The molecular formula is C15H25N. The molecule has 16 heavy (non-hydrogen) atoms. The van der Waals surface area contributed by atoms with Gasteiger partial charge in [0.15, 0.2) is 0 Å². The lowest BCUT2D eigenvalue weighted by Crippen LogP contribution is -2.29. The van der Waals surface area contributed by atoms with Crippen LogP contribution in [0, 0.1) is 23.7 Å². The van der Waals surface area contributed by atoms with Gasteiger partial charge in [-0.25, -0.2) is 0 Å². The number of nitrogens with zero attached hydrogens (tertiary/aromatic N) is 1. The van der Waals surface area contributed by atoms with Gasteiger partial charge >= 0.3 is 0 Å². The van der Waals surface area contributed by atoms with E-state index in [1.54, 1.807) is 0 Å². The quantitative estimate of drug-likeness (QED) is 0.612. The number of piperidine rings is 1. The summed E-state index contributed by atoms with van der Waals surface area (Å²) in [6, 6.07) is 0. The van der Waals surface area contributed by atoms with E-state index < -0.39 is 0 Å². The maximum Gasteiger partial charge on any atom is 0.0601 e. The zero-order valence-corrected chi connectivity index (χ0v) is 10.7. The van der Waals surface area contributed by atoms with Crippen LogP contribution in [-0.4, -0.2) is 24.5 Å². The zero-order chi connectivity index (χ0) is 11.2. The van der Waals surface area contributed by atoms with Crippen LogP contribution in [-0.2, 0) is 0 Å². The Morgan fingerprint density at radius 3 is 2.38 bits per heavy atom. The first-order chi connectivity index (χ1) is 7.84. The van der Waals surface area contributed by atoms with Crippen molar-refractivity contribution in [2.75, 3.05) is 19.6 Å². The van der Waals surface area contributed by atoms with Crippen molar-refractivity contribution in [1.82, 2.24) is 4.90 Å². The molecule has 0 spiro atoms. The third-order valence-electron chi connectivity index (χ3n) is 4.07. The fourth-order valence-corrected chi connectivity index (χ4v) is 2.82.